The number of halogens is 3. The number of aromatic nitrogens is 2. The first-order valence-electron chi connectivity index (χ1n) is 11.6. The number of hydrogen-bond acceptors (Lipinski definition) is 5. The zero-order valence-corrected chi connectivity index (χ0v) is 20.4. The number of nitrogens with one attached hydrogen (secondary N) is 1. The molecule has 190 valence electrons. The van der Waals surface area contributed by atoms with E-state index in [1.165, 1.54) is 18.2 Å². The van der Waals surface area contributed by atoms with Crippen LogP contribution in [0, 0.1) is 5.41 Å². The number of anilines is 1. The Hall–Kier alpha value is -2.72. The molecule has 1 aliphatic heterocycles. The first-order valence-corrected chi connectivity index (χ1v) is 12.0. The highest BCUT2D eigenvalue weighted by molar-refractivity contribution is 6.30. The highest BCUT2D eigenvalue weighted by atomic mass is 35.5. The lowest BCUT2D eigenvalue weighted by Crippen LogP contribution is -2.55. The van der Waals surface area contributed by atoms with Gasteiger partial charge in [0.15, 0.2) is 5.75 Å². The Morgan fingerprint density at radius 1 is 1.20 bits per heavy atom. The van der Waals surface area contributed by atoms with Crippen LogP contribution >= 0.6 is 11.6 Å². The smallest absolute Gasteiger partial charge is 0.387 e. The standard InChI is InChI=1S/C24H29ClF2N4O4/c1-15(2)18-5-10-28-31(18)24(8-11-30(12-9-24)14-23(6-7-23)21(33)34)20(32)29-17-4-3-16(25)13-19(17)35-22(26)27/h3-5,10,13,15,22H,6-9,11-12,14H2,1-2H3,(H,29,32)(H,33,34). The molecule has 8 nitrogen and oxygen atoms in total. The molecule has 1 amide bonds. The fourth-order valence-corrected chi connectivity index (χ4v) is 4.94. The Kier molecular flexibility index (Phi) is 7.06. The van der Waals surface area contributed by atoms with E-state index in [2.05, 4.69) is 20.1 Å². The minimum absolute atomic E-state index is 0.0857. The number of piperidine rings is 1. The van der Waals surface area contributed by atoms with Crippen LogP contribution in [0.2, 0.25) is 5.02 Å². The third-order valence-electron chi connectivity index (χ3n) is 7.02. The molecule has 0 unspecified atom stereocenters. The van der Waals surface area contributed by atoms with Gasteiger partial charge in [0.1, 0.15) is 5.54 Å². The molecule has 0 bridgehead atoms. The molecule has 2 aromatic rings. The zero-order chi connectivity index (χ0) is 25.4. The Morgan fingerprint density at radius 2 is 1.89 bits per heavy atom. The van der Waals surface area contributed by atoms with Gasteiger partial charge in [-0.1, -0.05) is 25.4 Å². The number of ether oxygens (including phenoxy) is 1. The maximum Gasteiger partial charge on any atom is 0.387 e. The normalized spacial score (nSPS) is 19.1. The molecule has 2 fully saturated rings. The summed E-state index contributed by atoms with van der Waals surface area (Å²) < 4.78 is 32.2. The summed E-state index contributed by atoms with van der Waals surface area (Å²) in [5.74, 6) is -1.32. The lowest BCUT2D eigenvalue weighted by Gasteiger charge is -2.42. The van der Waals surface area contributed by atoms with Crippen molar-refractivity contribution in [1.82, 2.24) is 14.7 Å². The summed E-state index contributed by atoms with van der Waals surface area (Å²) in [7, 11) is 0. The molecule has 1 aromatic carbocycles. The summed E-state index contributed by atoms with van der Waals surface area (Å²) >= 11 is 5.95. The first-order chi connectivity index (χ1) is 16.6. The van der Waals surface area contributed by atoms with Gasteiger partial charge in [-0.3, -0.25) is 14.3 Å². The van der Waals surface area contributed by atoms with Gasteiger partial charge in [0.2, 0.25) is 0 Å². The number of aliphatic carboxylic acids is 1. The third kappa shape index (κ3) is 5.13. The number of rotatable bonds is 9. The summed E-state index contributed by atoms with van der Waals surface area (Å²) in [4.78, 5) is 27.6. The molecule has 0 radical (unpaired) electrons. The molecule has 1 aliphatic carbocycles. The Bertz CT molecular complexity index is 1090. The second-order valence-electron chi connectivity index (χ2n) is 9.69. The summed E-state index contributed by atoms with van der Waals surface area (Å²) in [5.41, 5.74) is -0.816. The van der Waals surface area contributed by atoms with E-state index in [1.807, 2.05) is 19.9 Å². The van der Waals surface area contributed by atoms with Crippen LogP contribution in [0.4, 0.5) is 14.5 Å². The molecular weight excluding hydrogens is 482 g/mol. The predicted octanol–water partition coefficient (Wildman–Crippen LogP) is 4.56. The van der Waals surface area contributed by atoms with E-state index in [4.69, 9.17) is 11.6 Å². The van der Waals surface area contributed by atoms with Crippen molar-refractivity contribution in [2.24, 2.45) is 5.41 Å². The number of carbonyl (C=O) groups excluding carboxylic acids is 1. The number of carboxylic acids is 1. The van der Waals surface area contributed by atoms with Gasteiger partial charge in [0.25, 0.3) is 5.91 Å². The predicted molar refractivity (Wildman–Crippen MR) is 126 cm³/mol. The van der Waals surface area contributed by atoms with Gasteiger partial charge >= 0.3 is 12.6 Å². The summed E-state index contributed by atoms with van der Waals surface area (Å²) in [6, 6.07) is 6.01. The van der Waals surface area contributed by atoms with Crippen LogP contribution in [0.15, 0.2) is 30.5 Å². The molecule has 0 spiro atoms. The van der Waals surface area contributed by atoms with Crippen LogP contribution < -0.4 is 10.1 Å². The molecule has 2 heterocycles. The maximum atomic E-state index is 13.8. The topological polar surface area (TPSA) is 96.7 Å². The van der Waals surface area contributed by atoms with Gasteiger partial charge in [0.05, 0.1) is 11.1 Å². The van der Waals surface area contributed by atoms with Gasteiger partial charge in [-0.05, 0) is 49.8 Å². The fraction of sp³-hybridized carbons (Fsp3) is 0.542. The fourth-order valence-electron chi connectivity index (χ4n) is 4.77. The van der Waals surface area contributed by atoms with Crippen LogP contribution in [0.3, 0.4) is 0 Å². The van der Waals surface area contributed by atoms with Crippen LogP contribution in [-0.2, 0) is 15.1 Å². The molecule has 1 saturated carbocycles. The van der Waals surface area contributed by atoms with Crippen molar-refractivity contribution < 1.29 is 28.2 Å². The summed E-state index contributed by atoms with van der Waals surface area (Å²) in [5, 5.41) is 17.0. The number of benzene rings is 1. The monoisotopic (exact) mass is 510 g/mol. The number of carbonyl (C=O) groups is 2. The van der Waals surface area contributed by atoms with Crippen molar-refractivity contribution in [1.29, 1.82) is 0 Å². The van der Waals surface area contributed by atoms with E-state index in [0.717, 1.165) is 5.69 Å². The lowest BCUT2D eigenvalue weighted by atomic mass is 9.85. The number of carboxylic acid groups (broad SMARTS) is 1. The van der Waals surface area contributed by atoms with E-state index in [-0.39, 0.29) is 22.4 Å². The lowest BCUT2D eigenvalue weighted by molar-refractivity contribution is -0.144. The molecule has 1 saturated heterocycles. The second kappa shape index (κ2) is 9.73. The maximum absolute atomic E-state index is 13.8. The minimum atomic E-state index is -3.08. The van der Waals surface area contributed by atoms with Crippen LogP contribution in [0.1, 0.15) is 51.1 Å². The molecule has 2 aliphatic rings. The van der Waals surface area contributed by atoms with Crippen LogP contribution in [-0.4, -0.2) is 57.9 Å². The SMILES string of the molecule is CC(C)c1ccnn1C1(C(=O)Nc2ccc(Cl)cc2OC(F)F)CCN(CC2(C(=O)O)CC2)CC1. The van der Waals surface area contributed by atoms with E-state index >= 15 is 0 Å². The average Bonchev–Trinajstić information content (AvgIpc) is 3.40. The summed E-state index contributed by atoms with van der Waals surface area (Å²) in [6.45, 7) is 2.38. The van der Waals surface area contributed by atoms with E-state index in [9.17, 15) is 23.5 Å². The van der Waals surface area contributed by atoms with Gasteiger partial charge in [-0.2, -0.15) is 13.9 Å². The van der Waals surface area contributed by atoms with Gasteiger partial charge < -0.3 is 20.1 Å². The molecular formula is C24H29ClF2N4O4. The van der Waals surface area contributed by atoms with Crippen molar-refractivity contribution in [3.05, 3.63) is 41.2 Å². The largest absolute Gasteiger partial charge is 0.481 e. The highest BCUT2D eigenvalue weighted by Gasteiger charge is 2.53. The van der Waals surface area contributed by atoms with Crippen molar-refractivity contribution >= 4 is 29.2 Å². The average molecular weight is 511 g/mol. The molecule has 2 N–H and O–H groups in total. The molecule has 1 aromatic heterocycles. The number of amides is 1. The van der Waals surface area contributed by atoms with Crippen molar-refractivity contribution in [2.75, 3.05) is 25.0 Å². The number of likely N-dealkylation sites (tertiary alicyclic amines) is 1. The highest BCUT2D eigenvalue weighted by Crippen LogP contribution is 2.47. The van der Waals surface area contributed by atoms with E-state index in [0.29, 0.717) is 45.3 Å². The van der Waals surface area contributed by atoms with Gasteiger partial charge in [0, 0.05) is 42.6 Å². The van der Waals surface area contributed by atoms with Crippen molar-refractivity contribution in [3.63, 3.8) is 0 Å². The molecule has 0 atom stereocenters. The Balaban J connectivity index is 1.62. The van der Waals surface area contributed by atoms with Crippen LogP contribution in [0.25, 0.3) is 0 Å². The van der Waals surface area contributed by atoms with Gasteiger partial charge in [-0.15, -0.1) is 0 Å². The van der Waals surface area contributed by atoms with E-state index in [1.54, 1.807) is 10.9 Å². The summed E-state index contributed by atoms with van der Waals surface area (Å²) in [6.07, 6.45) is 3.73. The quantitative estimate of drug-likeness (QED) is 0.513. The molecule has 4 rings (SSSR count). The number of hydrogen-bond donors (Lipinski definition) is 2. The number of alkyl halides is 2. The Labute approximate surface area is 207 Å². The second-order valence-corrected chi connectivity index (χ2v) is 10.1. The third-order valence-corrected chi connectivity index (χ3v) is 7.25. The first kappa shape index (κ1) is 25.4. The van der Waals surface area contributed by atoms with Crippen molar-refractivity contribution in [3.8, 4) is 5.75 Å². The minimum Gasteiger partial charge on any atom is -0.481 e. The number of nitrogens with zero attached hydrogens (tertiary/aromatic N) is 3. The van der Waals surface area contributed by atoms with E-state index < -0.39 is 29.4 Å². The van der Waals surface area contributed by atoms with Gasteiger partial charge in [-0.25, -0.2) is 0 Å². The van der Waals surface area contributed by atoms with Crippen molar-refractivity contribution in [2.45, 2.75) is 57.6 Å². The van der Waals surface area contributed by atoms with Crippen LogP contribution in [0.5, 0.6) is 5.75 Å². The zero-order valence-electron chi connectivity index (χ0n) is 19.6. The Morgan fingerprint density at radius 3 is 2.46 bits per heavy atom. The molecule has 35 heavy (non-hydrogen) atoms. The molecule has 11 heteroatoms.